The number of ether oxygens (including phenoxy) is 2. The third kappa shape index (κ3) is 8.17. The Morgan fingerprint density at radius 3 is 2.48 bits per heavy atom. The number of methoxy groups -OCH3 is 1. The van der Waals surface area contributed by atoms with Crippen LogP contribution >= 0.6 is 0 Å². The van der Waals surface area contributed by atoms with Gasteiger partial charge in [-0.15, -0.1) is 0 Å². The smallest absolute Gasteiger partial charge is 0.412 e. The van der Waals surface area contributed by atoms with Gasteiger partial charge >= 0.3 is 12.1 Å². The topological polar surface area (TPSA) is 67.9 Å². The number of carbonyl (C=O) groups is 2. The first-order valence-electron chi connectivity index (χ1n) is 11.5. The molecule has 0 saturated heterocycles. The Morgan fingerprint density at radius 1 is 1.16 bits per heavy atom. The maximum Gasteiger partial charge on any atom is 0.412 e. The molecule has 2 rings (SSSR count). The lowest BCUT2D eigenvalue weighted by Crippen LogP contribution is -2.41. The predicted octanol–water partition coefficient (Wildman–Crippen LogP) is 4.98. The van der Waals surface area contributed by atoms with Crippen molar-refractivity contribution in [1.29, 1.82) is 0 Å². The van der Waals surface area contributed by atoms with Gasteiger partial charge in [-0.3, -0.25) is 4.79 Å². The molecule has 1 amide bonds. The molecule has 0 bridgehead atoms. The van der Waals surface area contributed by atoms with Crippen LogP contribution in [0.1, 0.15) is 70.3 Å². The highest BCUT2D eigenvalue weighted by molar-refractivity contribution is 5.72. The minimum Gasteiger partial charge on any atom is -0.469 e. The molecule has 0 radical (unpaired) electrons. The highest BCUT2D eigenvalue weighted by Gasteiger charge is 2.35. The highest BCUT2D eigenvalue weighted by atomic mass is 16.6. The van der Waals surface area contributed by atoms with E-state index < -0.39 is 6.09 Å². The summed E-state index contributed by atoms with van der Waals surface area (Å²) >= 11 is 0. The molecule has 6 nitrogen and oxygen atoms in total. The summed E-state index contributed by atoms with van der Waals surface area (Å²) in [5.41, 5.74) is 0.956. The zero-order valence-electron chi connectivity index (χ0n) is 19.9. The van der Waals surface area contributed by atoms with Crippen LogP contribution in [0.5, 0.6) is 5.75 Å². The van der Waals surface area contributed by atoms with Crippen molar-refractivity contribution in [3.63, 3.8) is 0 Å². The largest absolute Gasteiger partial charge is 0.469 e. The zero-order chi connectivity index (χ0) is 22.9. The van der Waals surface area contributed by atoms with Crippen molar-refractivity contribution in [2.75, 3.05) is 34.3 Å². The van der Waals surface area contributed by atoms with Crippen molar-refractivity contribution in [2.45, 2.75) is 64.7 Å². The summed E-state index contributed by atoms with van der Waals surface area (Å²) in [7, 11) is 5.58. The van der Waals surface area contributed by atoms with Crippen molar-refractivity contribution in [3.05, 3.63) is 29.8 Å². The van der Waals surface area contributed by atoms with E-state index in [9.17, 15) is 9.59 Å². The van der Waals surface area contributed by atoms with Crippen LogP contribution in [0, 0.1) is 11.3 Å². The monoisotopic (exact) mass is 432 g/mol. The summed E-state index contributed by atoms with van der Waals surface area (Å²) in [6.45, 7) is 5.89. The predicted molar refractivity (Wildman–Crippen MR) is 123 cm³/mol. The van der Waals surface area contributed by atoms with E-state index >= 15 is 0 Å². The summed E-state index contributed by atoms with van der Waals surface area (Å²) in [6.07, 6.45) is 6.06. The number of esters is 1. The van der Waals surface area contributed by atoms with E-state index in [0.717, 1.165) is 38.6 Å². The first-order valence-corrected chi connectivity index (χ1v) is 11.5. The molecule has 6 heteroatoms. The Hall–Kier alpha value is -2.08. The molecule has 1 aromatic carbocycles. The first kappa shape index (κ1) is 25.2. The van der Waals surface area contributed by atoms with Crippen molar-refractivity contribution in [3.8, 4) is 5.75 Å². The summed E-state index contributed by atoms with van der Waals surface area (Å²) in [5.74, 6) is 1.23. The molecule has 0 heterocycles. The van der Waals surface area contributed by atoms with E-state index in [4.69, 9.17) is 9.47 Å². The molecule has 1 fully saturated rings. The number of nitrogens with zero attached hydrogens (tertiary/aromatic N) is 1. The van der Waals surface area contributed by atoms with Crippen molar-refractivity contribution in [1.82, 2.24) is 10.2 Å². The summed E-state index contributed by atoms with van der Waals surface area (Å²) in [5, 5.41) is 2.91. The lowest BCUT2D eigenvalue weighted by molar-refractivity contribution is -0.144. The standard InChI is InChI=1S/C25H40N2O4/c1-19(2)22(12-15-27(3)4)20-10-9-11-21(16-20)31-24(29)26-18-25(17-23(28)30-5)13-7-6-8-14-25/h9-11,16,19,22H,6-8,12-15,17-18H2,1-5H3,(H,26,29)/t22-/m0/s1. The molecule has 1 aliphatic carbocycles. The van der Waals surface area contributed by atoms with Gasteiger partial charge in [-0.05, 0) is 74.8 Å². The van der Waals surface area contributed by atoms with Gasteiger partial charge in [-0.2, -0.15) is 0 Å². The van der Waals surface area contributed by atoms with Crippen molar-refractivity contribution >= 4 is 12.1 Å². The number of nitrogens with one attached hydrogen (secondary N) is 1. The van der Waals surface area contributed by atoms with Gasteiger partial charge in [0, 0.05) is 6.54 Å². The number of hydrogen-bond acceptors (Lipinski definition) is 5. The normalized spacial score (nSPS) is 16.7. The lowest BCUT2D eigenvalue weighted by Gasteiger charge is -2.36. The molecule has 1 saturated carbocycles. The fourth-order valence-electron chi connectivity index (χ4n) is 4.59. The van der Waals surface area contributed by atoms with E-state index in [2.05, 4.69) is 44.2 Å². The summed E-state index contributed by atoms with van der Waals surface area (Å²) in [4.78, 5) is 26.6. The number of carbonyl (C=O) groups excluding carboxylic acids is 2. The Labute approximate surface area is 187 Å². The second-order valence-electron chi connectivity index (χ2n) is 9.57. The average molecular weight is 433 g/mol. The van der Waals surface area contributed by atoms with Crippen LogP contribution in [0.2, 0.25) is 0 Å². The van der Waals surface area contributed by atoms with Crippen LogP contribution in [-0.4, -0.2) is 51.3 Å². The van der Waals surface area contributed by atoms with Gasteiger partial charge in [0.2, 0.25) is 0 Å². The van der Waals surface area contributed by atoms with Crippen molar-refractivity contribution < 1.29 is 19.1 Å². The second-order valence-corrected chi connectivity index (χ2v) is 9.57. The average Bonchev–Trinajstić information content (AvgIpc) is 2.73. The fraction of sp³-hybridized carbons (Fsp3) is 0.680. The minimum absolute atomic E-state index is 0.220. The molecule has 1 atom stereocenters. The molecular weight excluding hydrogens is 392 g/mol. The Balaban J connectivity index is 1.99. The third-order valence-electron chi connectivity index (χ3n) is 6.46. The summed E-state index contributed by atoms with van der Waals surface area (Å²) in [6, 6.07) is 7.85. The maximum atomic E-state index is 12.5. The third-order valence-corrected chi connectivity index (χ3v) is 6.46. The molecule has 0 spiro atoms. The number of benzene rings is 1. The van der Waals surface area contributed by atoms with Gasteiger partial charge < -0.3 is 19.7 Å². The van der Waals surface area contributed by atoms with Gasteiger partial charge in [0.05, 0.1) is 13.5 Å². The number of hydrogen-bond donors (Lipinski definition) is 1. The van der Waals surface area contributed by atoms with E-state index in [1.54, 1.807) is 0 Å². The molecule has 0 aromatic heterocycles. The zero-order valence-corrected chi connectivity index (χ0v) is 19.9. The quantitative estimate of drug-likeness (QED) is 0.528. The lowest BCUT2D eigenvalue weighted by atomic mass is 9.72. The van der Waals surface area contributed by atoms with Gasteiger partial charge in [0.25, 0.3) is 0 Å². The first-order chi connectivity index (χ1) is 14.7. The maximum absolute atomic E-state index is 12.5. The second kappa shape index (κ2) is 12.1. The van der Waals surface area contributed by atoms with Gasteiger partial charge in [-0.1, -0.05) is 45.2 Å². The molecule has 1 aliphatic rings. The summed E-state index contributed by atoms with van der Waals surface area (Å²) < 4.78 is 10.5. The van der Waals surface area contributed by atoms with Crippen LogP contribution < -0.4 is 10.1 Å². The Kier molecular flexibility index (Phi) is 9.82. The van der Waals surface area contributed by atoms with Crippen molar-refractivity contribution in [2.24, 2.45) is 11.3 Å². The van der Waals surface area contributed by atoms with Crippen LogP contribution in [0.3, 0.4) is 0 Å². The molecular formula is C25H40N2O4. The minimum atomic E-state index is -0.471. The molecule has 31 heavy (non-hydrogen) atoms. The van der Waals surface area contributed by atoms with E-state index in [-0.39, 0.29) is 11.4 Å². The molecule has 0 unspecified atom stereocenters. The van der Waals surface area contributed by atoms with E-state index in [0.29, 0.717) is 30.6 Å². The van der Waals surface area contributed by atoms with Gasteiger partial charge in [-0.25, -0.2) is 4.79 Å². The highest BCUT2D eigenvalue weighted by Crippen LogP contribution is 2.39. The van der Waals surface area contributed by atoms with Crippen LogP contribution in [0.15, 0.2) is 24.3 Å². The molecule has 1 aromatic rings. The number of rotatable bonds is 10. The van der Waals surface area contributed by atoms with Crippen LogP contribution in [-0.2, 0) is 9.53 Å². The van der Waals surface area contributed by atoms with Crippen LogP contribution in [0.4, 0.5) is 4.79 Å². The fourth-order valence-corrected chi connectivity index (χ4v) is 4.59. The van der Waals surface area contributed by atoms with E-state index in [1.807, 2.05) is 18.2 Å². The van der Waals surface area contributed by atoms with Gasteiger partial charge in [0.1, 0.15) is 5.75 Å². The Bertz CT molecular complexity index is 711. The molecule has 0 aliphatic heterocycles. The molecule has 1 N–H and O–H groups in total. The van der Waals surface area contributed by atoms with Crippen LogP contribution in [0.25, 0.3) is 0 Å². The Morgan fingerprint density at radius 2 is 1.87 bits per heavy atom. The van der Waals surface area contributed by atoms with E-state index in [1.165, 1.54) is 19.1 Å². The molecule has 174 valence electrons. The SMILES string of the molecule is COC(=O)CC1(CNC(=O)Oc2cccc([C@@H](CCN(C)C)C(C)C)c2)CCCCC1. The number of amides is 1. The van der Waals surface area contributed by atoms with Gasteiger partial charge in [0.15, 0.2) is 0 Å².